The number of rotatable bonds is 6. The Hall–Kier alpha value is -3.94. The molecule has 3 aromatic rings. The summed E-state index contributed by atoms with van der Waals surface area (Å²) in [6.45, 7) is 1.86. The first-order chi connectivity index (χ1) is 13.4. The van der Waals surface area contributed by atoms with E-state index in [0.717, 1.165) is 5.56 Å². The van der Waals surface area contributed by atoms with Crippen LogP contribution in [0.25, 0.3) is 0 Å². The number of nitro benzene ring substituents is 1. The number of carbonyl (C=O) groups is 2. The third-order valence-electron chi connectivity index (χ3n) is 4.08. The van der Waals surface area contributed by atoms with Crippen LogP contribution < -0.4 is 10.6 Å². The number of aryl methyl sites for hydroxylation is 1. The van der Waals surface area contributed by atoms with Gasteiger partial charge >= 0.3 is 0 Å². The molecule has 8 heteroatoms. The largest absolute Gasteiger partial charge is 0.459 e. The van der Waals surface area contributed by atoms with Crippen LogP contribution in [0, 0.1) is 17.0 Å². The van der Waals surface area contributed by atoms with E-state index in [0.29, 0.717) is 11.3 Å². The van der Waals surface area contributed by atoms with Gasteiger partial charge in [-0.25, -0.2) is 0 Å². The SMILES string of the molecule is Cc1ccc(C(=O)NCc2ccc(NC(=O)c3ccco3)cc2)cc1[N+](=O)[O-]. The topological polar surface area (TPSA) is 114 Å². The molecule has 2 N–H and O–H groups in total. The van der Waals surface area contributed by atoms with Gasteiger partial charge in [0, 0.05) is 29.4 Å². The van der Waals surface area contributed by atoms with E-state index in [1.54, 1.807) is 55.5 Å². The van der Waals surface area contributed by atoms with E-state index in [-0.39, 0.29) is 29.5 Å². The highest BCUT2D eigenvalue weighted by Crippen LogP contribution is 2.19. The number of hydrogen-bond donors (Lipinski definition) is 2. The Morgan fingerprint density at radius 2 is 1.82 bits per heavy atom. The van der Waals surface area contributed by atoms with Gasteiger partial charge in [-0.05, 0) is 42.8 Å². The third-order valence-corrected chi connectivity index (χ3v) is 4.08. The van der Waals surface area contributed by atoms with Crippen molar-refractivity contribution >= 4 is 23.2 Å². The Bertz CT molecular complexity index is 1010. The lowest BCUT2D eigenvalue weighted by Gasteiger charge is -2.08. The normalized spacial score (nSPS) is 10.3. The van der Waals surface area contributed by atoms with Crippen LogP contribution >= 0.6 is 0 Å². The van der Waals surface area contributed by atoms with Gasteiger partial charge in [-0.3, -0.25) is 19.7 Å². The van der Waals surface area contributed by atoms with Crippen LogP contribution in [-0.4, -0.2) is 16.7 Å². The summed E-state index contributed by atoms with van der Waals surface area (Å²) in [5.74, 6) is -0.547. The van der Waals surface area contributed by atoms with E-state index < -0.39 is 10.8 Å². The third kappa shape index (κ3) is 4.42. The Morgan fingerprint density at radius 1 is 1.07 bits per heavy atom. The second-order valence-electron chi connectivity index (χ2n) is 6.07. The Labute approximate surface area is 160 Å². The Kier molecular flexibility index (Phi) is 5.50. The maximum absolute atomic E-state index is 12.2. The van der Waals surface area contributed by atoms with Crippen LogP contribution in [0.5, 0.6) is 0 Å². The maximum Gasteiger partial charge on any atom is 0.291 e. The minimum Gasteiger partial charge on any atom is -0.459 e. The Morgan fingerprint density at radius 3 is 2.46 bits per heavy atom. The molecule has 0 aliphatic rings. The molecule has 0 saturated carbocycles. The molecular formula is C20H17N3O5. The highest BCUT2D eigenvalue weighted by atomic mass is 16.6. The summed E-state index contributed by atoms with van der Waals surface area (Å²) in [6, 6.07) is 14.5. The van der Waals surface area contributed by atoms with Crippen molar-refractivity contribution in [3.05, 3.63) is 93.4 Å². The molecule has 8 nitrogen and oxygen atoms in total. The molecule has 2 aromatic carbocycles. The average molecular weight is 379 g/mol. The molecule has 3 rings (SSSR count). The van der Waals surface area contributed by atoms with Gasteiger partial charge in [-0.2, -0.15) is 0 Å². The summed E-state index contributed by atoms with van der Waals surface area (Å²) in [7, 11) is 0. The standard InChI is InChI=1S/C20H17N3O5/c1-13-4-7-15(11-17(13)23(26)27)19(24)21-12-14-5-8-16(9-6-14)22-20(25)18-3-2-10-28-18/h2-11H,12H2,1H3,(H,21,24)(H,22,25). The zero-order valence-electron chi connectivity index (χ0n) is 15.0. The van der Waals surface area contributed by atoms with Crippen LogP contribution in [0.4, 0.5) is 11.4 Å². The number of benzene rings is 2. The monoisotopic (exact) mass is 379 g/mol. The lowest BCUT2D eigenvalue weighted by atomic mass is 10.1. The molecule has 0 aliphatic heterocycles. The number of amides is 2. The number of nitrogens with zero attached hydrogens (tertiary/aromatic N) is 1. The van der Waals surface area contributed by atoms with Crippen molar-refractivity contribution in [2.45, 2.75) is 13.5 Å². The number of nitrogens with one attached hydrogen (secondary N) is 2. The highest BCUT2D eigenvalue weighted by Gasteiger charge is 2.15. The molecule has 0 atom stereocenters. The van der Waals surface area contributed by atoms with Crippen LogP contribution in [0.15, 0.2) is 65.3 Å². The number of nitro groups is 1. The molecule has 142 valence electrons. The van der Waals surface area contributed by atoms with Crippen molar-refractivity contribution in [2.24, 2.45) is 0 Å². The second-order valence-corrected chi connectivity index (χ2v) is 6.07. The number of anilines is 1. The predicted octanol–water partition coefficient (Wildman–Crippen LogP) is 3.68. The van der Waals surface area contributed by atoms with Gasteiger partial charge < -0.3 is 15.1 Å². The van der Waals surface area contributed by atoms with Crippen LogP contribution in [0.1, 0.15) is 32.0 Å². The first-order valence-electron chi connectivity index (χ1n) is 8.41. The predicted molar refractivity (Wildman–Crippen MR) is 102 cm³/mol. The molecule has 28 heavy (non-hydrogen) atoms. The van der Waals surface area contributed by atoms with Gasteiger partial charge in [0.05, 0.1) is 11.2 Å². The fourth-order valence-corrected chi connectivity index (χ4v) is 2.54. The zero-order valence-corrected chi connectivity index (χ0v) is 15.0. The smallest absolute Gasteiger partial charge is 0.291 e. The van der Waals surface area contributed by atoms with Gasteiger partial charge in [0.1, 0.15) is 0 Å². The van der Waals surface area contributed by atoms with Crippen LogP contribution in [0.3, 0.4) is 0 Å². The van der Waals surface area contributed by atoms with E-state index >= 15 is 0 Å². The molecule has 0 radical (unpaired) electrons. The van der Waals surface area contributed by atoms with Gasteiger partial charge in [0.15, 0.2) is 5.76 Å². The quantitative estimate of drug-likeness (QED) is 0.501. The van der Waals surface area contributed by atoms with E-state index in [9.17, 15) is 19.7 Å². The molecule has 0 bridgehead atoms. The van der Waals surface area contributed by atoms with E-state index in [1.807, 2.05) is 0 Å². The molecule has 0 unspecified atom stereocenters. The van der Waals surface area contributed by atoms with Crippen molar-refractivity contribution in [3.8, 4) is 0 Å². The minimum atomic E-state index is -0.512. The van der Waals surface area contributed by atoms with E-state index in [4.69, 9.17) is 4.42 Å². The van der Waals surface area contributed by atoms with Crippen molar-refractivity contribution in [2.75, 3.05) is 5.32 Å². The summed E-state index contributed by atoms with van der Waals surface area (Å²) in [5, 5.41) is 16.4. The van der Waals surface area contributed by atoms with Gasteiger partial charge in [-0.1, -0.05) is 18.2 Å². The first-order valence-corrected chi connectivity index (χ1v) is 8.41. The van der Waals surface area contributed by atoms with Gasteiger partial charge in [0.2, 0.25) is 0 Å². The van der Waals surface area contributed by atoms with Crippen LogP contribution in [0.2, 0.25) is 0 Å². The molecule has 0 saturated heterocycles. The van der Waals surface area contributed by atoms with Gasteiger partial charge in [-0.15, -0.1) is 0 Å². The zero-order chi connectivity index (χ0) is 20.1. The number of carbonyl (C=O) groups excluding carboxylic acids is 2. The molecule has 1 aromatic heterocycles. The summed E-state index contributed by atoms with van der Waals surface area (Å²) in [5.41, 5.74) is 2.02. The average Bonchev–Trinajstić information content (AvgIpc) is 3.22. The minimum absolute atomic E-state index is 0.0932. The summed E-state index contributed by atoms with van der Waals surface area (Å²) >= 11 is 0. The summed E-state index contributed by atoms with van der Waals surface area (Å²) in [4.78, 5) is 34.7. The molecule has 2 amide bonds. The van der Waals surface area contributed by atoms with Crippen molar-refractivity contribution in [1.29, 1.82) is 0 Å². The molecule has 1 heterocycles. The number of furan rings is 1. The summed E-state index contributed by atoms with van der Waals surface area (Å²) in [6.07, 6.45) is 1.42. The molecule has 0 aliphatic carbocycles. The fraction of sp³-hybridized carbons (Fsp3) is 0.100. The maximum atomic E-state index is 12.2. The number of hydrogen-bond acceptors (Lipinski definition) is 5. The van der Waals surface area contributed by atoms with Gasteiger partial charge in [0.25, 0.3) is 17.5 Å². The lowest BCUT2D eigenvalue weighted by molar-refractivity contribution is -0.385. The Balaban J connectivity index is 1.59. The molecular weight excluding hydrogens is 362 g/mol. The van der Waals surface area contributed by atoms with Crippen molar-refractivity contribution < 1.29 is 18.9 Å². The van der Waals surface area contributed by atoms with E-state index in [2.05, 4.69) is 10.6 Å². The van der Waals surface area contributed by atoms with Crippen LogP contribution in [-0.2, 0) is 6.54 Å². The van der Waals surface area contributed by atoms with Crippen molar-refractivity contribution in [3.63, 3.8) is 0 Å². The van der Waals surface area contributed by atoms with E-state index in [1.165, 1.54) is 12.3 Å². The summed E-state index contributed by atoms with van der Waals surface area (Å²) < 4.78 is 5.03. The first kappa shape index (κ1) is 18.8. The second kappa shape index (κ2) is 8.17. The van der Waals surface area contributed by atoms with Crippen molar-refractivity contribution in [1.82, 2.24) is 5.32 Å². The highest BCUT2D eigenvalue weighted by molar-refractivity contribution is 6.02. The fourth-order valence-electron chi connectivity index (χ4n) is 2.54. The molecule has 0 fully saturated rings. The molecule has 0 spiro atoms. The lowest BCUT2D eigenvalue weighted by Crippen LogP contribution is -2.23.